The molecule has 0 aliphatic carbocycles. The van der Waals surface area contributed by atoms with Crippen LogP contribution in [0.2, 0.25) is 0 Å². The first-order valence-electron chi connectivity index (χ1n) is 4.94. The van der Waals surface area contributed by atoms with Crippen molar-refractivity contribution in [2.75, 3.05) is 0 Å². The van der Waals surface area contributed by atoms with Gasteiger partial charge in [-0.25, -0.2) is 4.68 Å². The Labute approximate surface area is 93.4 Å². The third-order valence-corrected chi connectivity index (χ3v) is 2.36. The molecule has 1 aromatic carbocycles. The van der Waals surface area contributed by atoms with E-state index in [0.29, 0.717) is 5.56 Å². The van der Waals surface area contributed by atoms with Crippen LogP contribution in [0.5, 0.6) is 0 Å². The smallest absolute Gasteiger partial charge is 0.0992 e. The maximum Gasteiger partial charge on any atom is 0.0992 e. The molecule has 0 radical (unpaired) electrons. The van der Waals surface area contributed by atoms with Crippen molar-refractivity contribution < 1.29 is 5.11 Å². The zero-order chi connectivity index (χ0) is 11.5. The van der Waals surface area contributed by atoms with Crippen molar-refractivity contribution in [2.45, 2.75) is 13.0 Å². The molecule has 1 atom stereocenters. The molecular formula is C12H11N3O. The van der Waals surface area contributed by atoms with Crippen molar-refractivity contribution >= 4 is 0 Å². The minimum Gasteiger partial charge on any atom is -0.389 e. The van der Waals surface area contributed by atoms with Crippen molar-refractivity contribution in [1.29, 1.82) is 5.26 Å². The van der Waals surface area contributed by atoms with E-state index in [1.807, 2.05) is 0 Å². The van der Waals surface area contributed by atoms with E-state index in [4.69, 9.17) is 5.26 Å². The maximum atomic E-state index is 9.64. The Morgan fingerprint density at radius 3 is 2.88 bits per heavy atom. The van der Waals surface area contributed by atoms with E-state index in [1.54, 1.807) is 48.3 Å². The van der Waals surface area contributed by atoms with Gasteiger partial charge in [-0.05, 0) is 25.1 Å². The van der Waals surface area contributed by atoms with Gasteiger partial charge in [-0.3, -0.25) is 0 Å². The predicted octanol–water partition coefficient (Wildman–Crippen LogP) is 1.80. The summed E-state index contributed by atoms with van der Waals surface area (Å²) >= 11 is 0. The van der Waals surface area contributed by atoms with Gasteiger partial charge in [0.1, 0.15) is 0 Å². The average molecular weight is 213 g/mol. The van der Waals surface area contributed by atoms with Crippen molar-refractivity contribution in [1.82, 2.24) is 9.78 Å². The molecule has 0 fully saturated rings. The highest BCUT2D eigenvalue weighted by atomic mass is 16.3. The number of aromatic nitrogens is 2. The number of benzene rings is 1. The van der Waals surface area contributed by atoms with Gasteiger partial charge < -0.3 is 5.11 Å². The Hall–Kier alpha value is -2.12. The van der Waals surface area contributed by atoms with Crippen LogP contribution in [-0.2, 0) is 0 Å². The van der Waals surface area contributed by atoms with E-state index in [1.165, 1.54) is 0 Å². The molecule has 1 heterocycles. The van der Waals surface area contributed by atoms with Gasteiger partial charge in [0.2, 0.25) is 0 Å². The first kappa shape index (κ1) is 10.4. The van der Waals surface area contributed by atoms with Crippen molar-refractivity contribution in [2.24, 2.45) is 0 Å². The van der Waals surface area contributed by atoms with E-state index in [-0.39, 0.29) is 0 Å². The molecule has 0 saturated heterocycles. The Balaban J connectivity index is 2.61. The third kappa shape index (κ3) is 1.81. The predicted molar refractivity (Wildman–Crippen MR) is 58.9 cm³/mol. The topological polar surface area (TPSA) is 61.8 Å². The van der Waals surface area contributed by atoms with E-state index in [9.17, 15) is 5.11 Å². The Kier molecular flexibility index (Phi) is 2.71. The first-order valence-corrected chi connectivity index (χ1v) is 4.94. The molecule has 0 spiro atoms. The van der Waals surface area contributed by atoms with Crippen LogP contribution in [0.1, 0.15) is 24.2 Å². The molecule has 0 aliphatic heterocycles. The SMILES string of the molecule is C[C@@H](O)c1ccc(C#N)cc1-n1cccn1. The Morgan fingerprint density at radius 2 is 2.31 bits per heavy atom. The fourth-order valence-corrected chi connectivity index (χ4v) is 1.58. The number of hydrogen-bond donors (Lipinski definition) is 1. The first-order chi connectivity index (χ1) is 7.72. The Morgan fingerprint density at radius 1 is 1.50 bits per heavy atom. The average Bonchev–Trinajstić information content (AvgIpc) is 2.81. The summed E-state index contributed by atoms with van der Waals surface area (Å²) in [6, 6.07) is 9.03. The second-order valence-corrected chi connectivity index (χ2v) is 3.51. The van der Waals surface area contributed by atoms with Crippen molar-refractivity contribution in [3.8, 4) is 11.8 Å². The molecule has 2 rings (SSSR count). The lowest BCUT2D eigenvalue weighted by molar-refractivity contribution is 0.199. The van der Waals surface area contributed by atoms with Gasteiger partial charge in [-0.15, -0.1) is 0 Å². The van der Waals surface area contributed by atoms with Crippen molar-refractivity contribution in [3.05, 3.63) is 47.8 Å². The minimum absolute atomic E-state index is 0.551. The van der Waals surface area contributed by atoms with Gasteiger partial charge in [0.05, 0.1) is 23.4 Å². The molecule has 0 aliphatic rings. The molecule has 16 heavy (non-hydrogen) atoms. The lowest BCUT2D eigenvalue weighted by atomic mass is 10.1. The number of rotatable bonds is 2. The highest BCUT2D eigenvalue weighted by Gasteiger charge is 2.10. The molecule has 0 bridgehead atoms. The maximum absolute atomic E-state index is 9.64. The molecule has 0 amide bonds. The van der Waals surface area contributed by atoms with Gasteiger partial charge in [-0.1, -0.05) is 6.07 Å². The van der Waals surface area contributed by atoms with Crippen molar-refractivity contribution in [3.63, 3.8) is 0 Å². The molecule has 1 aromatic heterocycles. The molecule has 4 nitrogen and oxygen atoms in total. The quantitative estimate of drug-likeness (QED) is 0.827. The van der Waals surface area contributed by atoms with E-state index in [0.717, 1.165) is 11.3 Å². The molecule has 4 heteroatoms. The van der Waals surface area contributed by atoms with Crippen LogP contribution in [0.4, 0.5) is 0 Å². The summed E-state index contributed by atoms with van der Waals surface area (Å²) in [6.07, 6.45) is 2.85. The van der Waals surface area contributed by atoms with Gasteiger partial charge in [0, 0.05) is 18.0 Å². The molecule has 80 valence electrons. The monoisotopic (exact) mass is 213 g/mol. The molecule has 2 aromatic rings. The lowest BCUT2D eigenvalue weighted by Gasteiger charge is -2.12. The second-order valence-electron chi connectivity index (χ2n) is 3.51. The fraction of sp³-hybridized carbons (Fsp3) is 0.167. The van der Waals surface area contributed by atoms with Gasteiger partial charge in [0.15, 0.2) is 0 Å². The lowest BCUT2D eigenvalue weighted by Crippen LogP contribution is -2.03. The second kappa shape index (κ2) is 4.17. The normalized spacial score (nSPS) is 12.1. The highest BCUT2D eigenvalue weighted by molar-refractivity contribution is 5.48. The summed E-state index contributed by atoms with van der Waals surface area (Å²) in [6.45, 7) is 1.69. The number of nitrogens with zero attached hydrogens (tertiary/aromatic N) is 3. The minimum atomic E-state index is -0.591. The zero-order valence-corrected chi connectivity index (χ0v) is 8.83. The number of aliphatic hydroxyl groups excluding tert-OH is 1. The van der Waals surface area contributed by atoms with Crippen LogP contribution in [-0.4, -0.2) is 14.9 Å². The summed E-state index contributed by atoms with van der Waals surface area (Å²) in [4.78, 5) is 0. The largest absolute Gasteiger partial charge is 0.389 e. The zero-order valence-electron chi connectivity index (χ0n) is 8.83. The Bertz CT molecular complexity index is 524. The fourth-order valence-electron chi connectivity index (χ4n) is 1.58. The number of hydrogen-bond acceptors (Lipinski definition) is 3. The molecule has 0 unspecified atom stereocenters. The summed E-state index contributed by atoms with van der Waals surface area (Å²) in [5, 5.41) is 22.6. The summed E-state index contributed by atoms with van der Waals surface area (Å²) in [5.41, 5.74) is 2.04. The van der Waals surface area contributed by atoms with Gasteiger partial charge in [0.25, 0.3) is 0 Å². The van der Waals surface area contributed by atoms with E-state index >= 15 is 0 Å². The molecule has 1 N–H and O–H groups in total. The summed E-state index contributed by atoms with van der Waals surface area (Å²) in [5.74, 6) is 0. The van der Waals surface area contributed by atoms with Crippen LogP contribution in [0, 0.1) is 11.3 Å². The molecule has 0 saturated carbocycles. The summed E-state index contributed by atoms with van der Waals surface area (Å²) < 4.78 is 1.64. The summed E-state index contributed by atoms with van der Waals surface area (Å²) in [7, 11) is 0. The third-order valence-electron chi connectivity index (χ3n) is 2.36. The van der Waals surface area contributed by atoms with Crippen LogP contribution in [0.15, 0.2) is 36.7 Å². The van der Waals surface area contributed by atoms with Gasteiger partial charge in [-0.2, -0.15) is 10.4 Å². The number of aliphatic hydroxyl groups is 1. The van der Waals surface area contributed by atoms with Crippen LogP contribution < -0.4 is 0 Å². The van der Waals surface area contributed by atoms with Crippen LogP contribution >= 0.6 is 0 Å². The van der Waals surface area contributed by atoms with E-state index < -0.39 is 6.10 Å². The van der Waals surface area contributed by atoms with Gasteiger partial charge >= 0.3 is 0 Å². The number of nitriles is 1. The highest BCUT2D eigenvalue weighted by Crippen LogP contribution is 2.22. The standard InChI is InChI=1S/C12H11N3O/c1-9(16)11-4-3-10(8-13)7-12(11)15-6-2-5-14-15/h2-7,9,16H,1H3/t9-/m1/s1. The van der Waals surface area contributed by atoms with E-state index in [2.05, 4.69) is 11.2 Å². The molecular weight excluding hydrogens is 202 g/mol. The van der Waals surface area contributed by atoms with Crippen LogP contribution in [0.3, 0.4) is 0 Å². The van der Waals surface area contributed by atoms with Crippen LogP contribution in [0.25, 0.3) is 5.69 Å².